The molecule has 100 valence electrons. The summed E-state index contributed by atoms with van der Waals surface area (Å²) in [4.78, 5) is 0. The average molecular weight is 324 g/mol. The molecule has 0 radical (unpaired) electrons. The highest BCUT2D eigenvalue weighted by atomic mass is 79.9. The highest BCUT2D eigenvalue weighted by Crippen LogP contribution is 2.48. The van der Waals surface area contributed by atoms with Gasteiger partial charge in [-0.3, -0.25) is 0 Å². The van der Waals surface area contributed by atoms with Crippen LogP contribution in [0.2, 0.25) is 0 Å². The molecule has 6 heteroatoms. The second-order valence-electron chi connectivity index (χ2n) is 4.73. The van der Waals surface area contributed by atoms with Gasteiger partial charge in [-0.15, -0.1) is 0 Å². The lowest BCUT2D eigenvalue weighted by atomic mass is 9.85. The van der Waals surface area contributed by atoms with Crippen molar-refractivity contribution in [2.24, 2.45) is 11.7 Å². The summed E-state index contributed by atoms with van der Waals surface area (Å²) in [5, 5.41) is 9.35. The van der Waals surface area contributed by atoms with Gasteiger partial charge in [0.1, 0.15) is 11.4 Å². The van der Waals surface area contributed by atoms with Crippen LogP contribution in [0.1, 0.15) is 17.5 Å². The average Bonchev–Trinajstić information content (AvgIpc) is 3.00. The van der Waals surface area contributed by atoms with Gasteiger partial charge in [-0.1, -0.05) is 15.9 Å². The van der Waals surface area contributed by atoms with Crippen LogP contribution in [0.25, 0.3) is 0 Å². The van der Waals surface area contributed by atoms with Crippen molar-refractivity contribution in [3.8, 4) is 0 Å². The van der Waals surface area contributed by atoms with Crippen molar-refractivity contribution < 1.29 is 18.3 Å². The molecule has 3 N–H and O–H groups in total. The van der Waals surface area contributed by atoms with Crippen LogP contribution >= 0.6 is 15.9 Å². The predicted molar refractivity (Wildman–Crippen MR) is 64.8 cm³/mol. The molecule has 1 aromatic rings. The number of benzene rings is 1. The highest BCUT2D eigenvalue weighted by Gasteiger charge is 2.57. The summed E-state index contributed by atoms with van der Waals surface area (Å²) in [6.07, 6.45) is -3.66. The number of nitrogens with two attached hydrogens (primary N) is 1. The van der Waals surface area contributed by atoms with Crippen LogP contribution in [0.3, 0.4) is 0 Å². The number of hydrogen-bond donors (Lipinski definition) is 2. The molecule has 1 aromatic carbocycles. The van der Waals surface area contributed by atoms with Gasteiger partial charge in [-0.05, 0) is 31.0 Å². The Morgan fingerprint density at radius 1 is 1.50 bits per heavy atom. The molecule has 1 fully saturated rings. The monoisotopic (exact) mass is 323 g/mol. The molecule has 0 amide bonds. The zero-order valence-electron chi connectivity index (χ0n) is 9.63. The summed E-state index contributed by atoms with van der Waals surface area (Å²) in [5.74, 6) is -1.54. The molecule has 1 aliphatic carbocycles. The molecule has 2 rings (SSSR count). The van der Waals surface area contributed by atoms with Gasteiger partial charge < -0.3 is 10.8 Å². The van der Waals surface area contributed by atoms with Crippen molar-refractivity contribution >= 4 is 15.9 Å². The third-order valence-corrected chi connectivity index (χ3v) is 3.88. The van der Waals surface area contributed by atoms with Crippen molar-refractivity contribution in [3.05, 3.63) is 33.5 Å². The SMILES string of the molecule is Cc1cc(Br)cc([C@](N)(C(F)F)C2C[C@H]2O)c1F. The first-order chi connectivity index (χ1) is 8.28. The topological polar surface area (TPSA) is 46.2 Å². The molecular weight excluding hydrogens is 311 g/mol. The fraction of sp³-hybridized carbons (Fsp3) is 0.500. The van der Waals surface area contributed by atoms with E-state index < -0.39 is 29.8 Å². The molecular formula is C12H13BrF3NO. The number of aliphatic hydroxyl groups is 1. The second kappa shape index (κ2) is 4.51. The lowest BCUT2D eigenvalue weighted by Gasteiger charge is -2.30. The summed E-state index contributed by atoms with van der Waals surface area (Å²) in [6, 6.07) is 2.76. The summed E-state index contributed by atoms with van der Waals surface area (Å²) < 4.78 is 41.0. The molecule has 1 unspecified atom stereocenters. The van der Waals surface area contributed by atoms with E-state index in [4.69, 9.17) is 5.73 Å². The van der Waals surface area contributed by atoms with Crippen LogP contribution in [-0.4, -0.2) is 17.6 Å². The van der Waals surface area contributed by atoms with Crippen LogP contribution in [0, 0.1) is 18.7 Å². The number of aliphatic hydroxyl groups excluding tert-OH is 1. The molecule has 1 saturated carbocycles. The third-order valence-electron chi connectivity index (χ3n) is 3.42. The van der Waals surface area contributed by atoms with E-state index in [9.17, 15) is 18.3 Å². The quantitative estimate of drug-likeness (QED) is 0.898. The number of alkyl halides is 2. The zero-order valence-corrected chi connectivity index (χ0v) is 11.2. The molecule has 0 aliphatic heterocycles. The van der Waals surface area contributed by atoms with Gasteiger partial charge >= 0.3 is 0 Å². The minimum atomic E-state index is -2.94. The maximum Gasteiger partial charge on any atom is 0.260 e. The first-order valence-electron chi connectivity index (χ1n) is 5.49. The molecule has 0 bridgehead atoms. The molecule has 0 aromatic heterocycles. The first-order valence-corrected chi connectivity index (χ1v) is 6.29. The zero-order chi connectivity index (χ0) is 13.7. The van der Waals surface area contributed by atoms with E-state index in [2.05, 4.69) is 15.9 Å². The van der Waals surface area contributed by atoms with Gasteiger partial charge in [-0.2, -0.15) is 0 Å². The fourth-order valence-electron chi connectivity index (χ4n) is 2.21. The van der Waals surface area contributed by atoms with Gasteiger partial charge in [0.2, 0.25) is 0 Å². The Labute approximate surface area is 111 Å². The van der Waals surface area contributed by atoms with Gasteiger partial charge in [0.05, 0.1) is 6.10 Å². The van der Waals surface area contributed by atoms with Crippen molar-refractivity contribution in [2.75, 3.05) is 0 Å². The van der Waals surface area contributed by atoms with Crippen molar-refractivity contribution in [2.45, 2.75) is 31.4 Å². The Morgan fingerprint density at radius 2 is 2.06 bits per heavy atom. The Balaban J connectivity index is 2.56. The Hall–Kier alpha value is -0.590. The van der Waals surface area contributed by atoms with Gasteiger partial charge in [0.15, 0.2) is 0 Å². The van der Waals surface area contributed by atoms with Crippen LogP contribution in [0.15, 0.2) is 16.6 Å². The van der Waals surface area contributed by atoms with E-state index in [1.807, 2.05) is 0 Å². The van der Waals surface area contributed by atoms with E-state index in [1.165, 1.54) is 19.1 Å². The normalized spacial score (nSPS) is 26.2. The Bertz CT molecular complexity index is 483. The minimum Gasteiger partial charge on any atom is -0.393 e. The molecule has 3 atom stereocenters. The van der Waals surface area contributed by atoms with E-state index in [1.54, 1.807) is 0 Å². The lowest BCUT2D eigenvalue weighted by molar-refractivity contribution is 0.0261. The van der Waals surface area contributed by atoms with Gasteiger partial charge in [0.25, 0.3) is 6.43 Å². The Kier molecular flexibility index (Phi) is 3.46. The summed E-state index contributed by atoms with van der Waals surface area (Å²) in [5.41, 5.74) is 3.58. The largest absolute Gasteiger partial charge is 0.393 e. The first kappa shape index (κ1) is 13.8. The minimum absolute atomic E-state index is 0.172. The van der Waals surface area contributed by atoms with Gasteiger partial charge in [-0.25, -0.2) is 13.2 Å². The van der Waals surface area contributed by atoms with Crippen LogP contribution in [-0.2, 0) is 5.54 Å². The van der Waals surface area contributed by atoms with E-state index in [0.29, 0.717) is 4.47 Å². The summed E-state index contributed by atoms with van der Waals surface area (Å²) >= 11 is 3.14. The molecule has 0 spiro atoms. The molecule has 2 nitrogen and oxygen atoms in total. The van der Waals surface area contributed by atoms with Crippen LogP contribution < -0.4 is 5.73 Å². The van der Waals surface area contributed by atoms with E-state index in [-0.39, 0.29) is 17.5 Å². The molecule has 18 heavy (non-hydrogen) atoms. The summed E-state index contributed by atoms with van der Waals surface area (Å²) in [6.45, 7) is 1.48. The van der Waals surface area contributed by atoms with Crippen LogP contribution in [0.5, 0.6) is 0 Å². The maximum atomic E-state index is 14.0. The third kappa shape index (κ3) is 2.06. The molecule has 0 heterocycles. The maximum absolute atomic E-state index is 14.0. The predicted octanol–water partition coefficient (Wildman–Crippen LogP) is 2.70. The van der Waals surface area contributed by atoms with Crippen LogP contribution in [0.4, 0.5) is 13.2 Å². The number of halogens is 4. The highest BCUT2D eigenvalue weighted by molar-refractivity contribution is 9.10. The smallest absolute Gasteiger partial charge is 0.260 e. The number of hydrogen-bond acceptors (Lipinski definition) is 2. The van der Waals surface area contributed by atoms with E-state index >= 15 is 0 Å². The Morgan fingerprint density at radius 3 is 2.50 bits per heavy atom. The standard InChI is InChI=1S/C12H13BrF3NO/c1-5-2-6(13)3-8(10(5)14)12(17,11(15)16)7-4-9(7)18/h2-3,7,9,11,18H,4,17H2,1H3/t7?,9-,12+/m1/s1. The molecule has 1 aliphatic rings. The molecule has 0 saturated heterocycles. The fourth-order valence-corrected chi connectivity index (χ4v) is 2.79. The number of rotatable bonds is 3. The number of aryl methyl sites for hydroxylation is 1. The van der Waals surface area contributed by atoms with Crippen molar-refractivity contribution in [1.29, 1.82) is 0 Å². The summed E-state index contributed by atoms with van der Waals surface area (Å²) in [7, 11) is 0. The van der Waals surface area contributed by atoms with E-state index in [0.717, 1.165) is 0 Å². The van der Waals surface area contributed by atoms with Crippen molar-refractivity contribution in [1.82, 2.24) is 0 Å². The van der Waals surface area contributed by atoms with Gasteiger partial charge in [0, 0.05) is 16.0 Å². The van der Waals surface area contributed by atoms with Crippen molar-refractivity contribution in [3.63, 3.8) is 0 Å². The lowest BCUT2D eigenvalue weighted by Crippen LogP contribution is -2.48. The second-order valence-corrected chi connectivity index (χ2v) is 5.64.